The lowest BCUT2D eigenvalue weighted by Gasteiger charge is -2.13. The molecule has 1 atom stereocenters. The van der Waals surface area contributed by atoms with Crippen molar-refractivity contribution in [1.82, 2.24) is 5.32 Å². The zero-order chi connectivity index (χ0) is 15.6. The van der Waals surface area contributed by atoms with Crippen molar-refractivity contribution in [2.75, 3.05) is 7.05 Å². The Morgan fingerprint density at radius 3 is 2.45 bits per heavy atom. The smallest absolute Gasteiger partial charge is 0.358 e. The number of nitrogens with one attached hydrogen (secondary N) is 1. The minimum absolute atomic E-state index is 0.00409. The van der Waals surface area contributed by atoms with Gasteiger partial charge < -0.3 is 5.32 Å². The predicted octanol–water partition coefficient (Wildman–Crippen LogP) is 1.75. The monoisotopic (exact) mass is 309 g/mol. The summed E-state index contributed by atoms with van der Waals surface area (Å²) in [6.45, 7) is 1.20. The lowest BCUT2D eigenvalue weighted by Crippen LogP contribution is -2.36. The molecule has 0 saturated heterocycles. The van der Waals surface area contributed by atoms with Crippen molar-refractivity contribution in [1.29, 1.82) is 0 Å². The molecule has 1 amide bonds. The summed E-state index contributed by atoms with van der Waals surface area (Å²) in [5.74, 6) is -1.32. The van der Waals surface area contributed by atoms with Gasteiger partial charge in [0.25, 0.3) is 0 Å². The lowest BCUT2D eigenvalue weighted by molar-refractivity contribution is -0.137. The van der Waals surface area contributed by atoms with Crippen LogP contribution in [0.3, 0.4) is 0 Å². The molecule has 0 saturated carbocycles. The second-order valence-corrected chi connectivity index (χ2v) is 6.58. The van der Waals surface area contributed by atoms with Gasteiger partial charge in [-0.15, -0.1) is 0 Å². The van der Waals surface area contributed by atoms with Crippen LogP contribution in [-0.2, 0) is 26.6 Å². The van der Waals surface area contributed by atoms with Gasteiger partial charge in [0, 0.05) is 7.05 Å². The molecule has 0 aliphatic heterocycles. The number of benzene rings is 1. The van der Waals surface area contributed by atoms with Crippen LogP contribution in [0.1, 0.15) is 18.1 Å². The summed E-state index contributed by atoms with van der Waals surface area (Å²) in [4.78, 5) is 11.3. The molecule has 0 heterocycles. The van der Waals surface area contributed by atoms with E-state index < -0.39 is 38.5 Å². The Bertz CT molecular complexity index is 596. The Morgan fingerprint density at radius 2 is 1.95 bits per heavy atom. The van der Waals surface area contributed by atoms with Gasteiger partial charge in [-0.05, 0) is 18.6 Å². The maximum atomic E-state index is 12.5. The molecule has 0 bridgehead atoms. The molecule has 112 valence electrons. The van der Waals surface area contributed by atoms with Gasteiger partial charge in [-0.3, -0.25) is 4.79 Å². The number of amides is 1. The summed E-state index contributed by atoms with van der Waals surface area (Å²) in [5, 5.41) is 0.877. The number of halogens is 3. The standard InChI is InChI=1S/C12H14F3NO3S/c1-8(11(17)16-2)20(18,19)7-9-4-3-5-10(6-9)12(13,14)15/h3-6,8H,7H2,1-2H3,(H,16,17). The second-order valence-electron chi connectivity index (χ2n) is 4.26. The predicted molar refractivity (Wildman–Crippen MR) is 67.6 cm³/mol. The van der Waals surface area contributed by atoms with E-state index in [9.17, 15) is 26.4 Å². The first-order valence-electron chi connectivity index (χ1n) is 5.67. The van der Waals surface area contributed by atoms with Crippen molar-refractivity contribution in [3.8, 4) is 0 Å². The number of rotatable bonds is 4. The van der Waals surface area contributed by atoms with Crippen LogP contribution in [-0.4, -0.2) is 26.6 Å². The maximum Gasteiger partial charge on any atom is 0.416 e. The third-order valence-electron chi connectivity index (χ3n) is 2.78. The zero-order valence-corrected chi connectivity index (χ0v) is 11.7. The van der Waals surface area contributed by atoms with E-state index in [1.54, 1.807) is 0 Å². The van der Waals surface area contributed by atoms with Gasteiger partial charge in [0.15, 0.2) is 9.84 Å². The fourth-order valence-corrected chi connectivity index (χ4v) is 2.90. The van der Waals surface area contributed by atoms with Gasteiger partial charge in [-0.2, -0.15) is 13.2 Å². The zero-order valence-electron chi connectivity index (χ0n) is 10.9. The summed E-state index contributed by atoms with van der Waals surface area (Å²) in [7, 11) is -2.58. The van der Waals surface area contributed by atoms with Crippen molar-refractivity contribution in [2.24, 2.45) is 0 Å². The van der Waals surface area contributed by atoms with Crippen molar-refractivity contribution >= 4 is 15.7 Å². The van der Waals surface area contributed by atoms with Gasteiger partial charge in [0.1, 0.15) is 5.25 Å². The number of carbonyl (C=O) groups is 1. The van der Waals surface area contributed by atoms with Crippen LogP contribution in [0.4, 0.5) is 13.2 Å². The molecule has 1 aromatic carbocycles. The number of hydrogen-bond donors (Lipinski definition) is 1. The molecule has 0 aliphatic rings. The van der Waals surface area contributed by atoms with Crippen LogP contribution >= 0.6 is 0 Å². The van der Waals surface area contributed by atoms with E-state index in [0.29, 0.717) is 0 Å². The highest BCUT2D eigenvalue weighted by atomic mass is 32.2. The van der Waals surface area contributed by atoms with Crippen molar-refractivity contribution in [3.63, 3.8) is 0 Å². The number of sulfone groups is 1. The van der Waals surface area contributed by atoms with Crippen LogP contribution < -0.4 is 5.32 Å². The average Bonchev–Trinajstić information content (AvgIpc) is 2.35. The molecule has 1 N–H and O–H groups in total. The number of hydrogen-bond acceptors (Lipinski definition) is 3. The topological polar surface area (TPSA) is 63.2 Å². The molecule has 1 aromatic rings. The maximum absolute atomic E-state index is 12.5. The molecule has 0 fully saturated rings. The van der Waals surface area contributed by atoms with Crippen LogP contribution in [0.5, 0.6) is 0 Å². The summed E-state index contributed by atoms with van der Waals surface area (Å²) < 4.78 is 61.4. The lowest BCUT2D eigenvalue weighted by atomic mass is 10.1. The molecule has 20 heavy (non-hydrogen) atoms. The number of alkyl halides is 3. The van der Waals surface area contributed by atoms with Gasteiger partial charge >= 0.3 is 6.18 Å². The molecule has 0 aromatic heterocycles. The minimum Gasteiger partial charge on any atom is -0.358 e. The van der Waals surface area contributed by atoms with Crippen LogP contribution in [0.25, 0.3) is 0 Å². The van der Waals surface area contributed by atoms with E-state index in [4.69, 9.17) is 0 Å². The minimum atomic E-state index is -4.54. The highest BCUT2D eigenvalue weighted by molar-refractivity contribution is 7.92. The largest absolute Gasteiger partial charge is 0.416 e. The van der Waals surface area contributed by atoms with Crippen LogP contribution in [0, 0.1) is 0 Å². The first-order valence-corrected chi connectivity index (χ1v) is 7.39. The molecule has 8 heteroatoms. The quantitative estimate of drug-likeness (QED) is 0.922. The summed E-state index contributed by atoms with van der Waals surface area (Å²) in [6, 6.07) is 4.05. The average molecular weight is 309 g/mol. The van der Waals surface area contributed by atoms with Crippen molar-refractivity contribution < 1.29 is 26.4 Å². The van der Waals surface area contributed by atoms with Gasteiger partial charge in [-0.1, -0.05) is 18.2 Å². The Balaban J connectivity index is 3.02. The van der Waals surface area contributed by atoms with Gasteiger partial charge in [0.05, 0.1) is 11.3 Å². The van der Waals surface area contributed by atoms with Gasteiger partial charge in [-0.25, -0.2) is 8.42 Å². The Labute approximate surface area is 114 Å². The molecular weight excluding hydrogens is 295 g/mol. The van der Waals surface area contributed by atoms with E-state index in [1.807, 2.05) is 0 Å². The second kappa shape index (κ2) is 5.82. The van der Waals surface area contributed by atoms with Crippen molar-refractivity contribution in [2.45, 2.75) is 24.1 Å². The van der Waals surface area contributed by atoms with Gasteiger partial charge in [0.2, 0.25) is 5.91 Å². The third-order valence-corrected chi connectivity index (χ3v) is 4.80. The Kier molecular flexibility index (Phi) is 4.80. The third kappa shape index (κ3) is 3.96. The number of carbonyl (C=O) groups excluding carboxylic acids is 1. The normalized spacial score (nSPS) is 13.8. The van der Waals surface area contributed by atoms with E-state index in [1.165, 1.54) is 20.0 Å². The molecule has 1 unspecified atom stereocenters. The summed E-state index contributed by atoms with van der Waals surface area (Å²) >= 11 is 0. The fraction of sp³-hybridized carbons (Fsp3) is 0.417. The molecule has 1 rings (SSSR count). The molecule has 0 spiro atoms. The van der Waals surface area contributed by atoms with E-state index in [2.05, 4.69) is 5.32 Å². The SMILES string of the molecule is CNC(=O)C(C)S(=O)(=O)Cc1cccc(C(F)(F)F)c1. The van der Waals surface area contributed by atoms with Crippen LogP contribution in [0.15, 0.2) is 24.3 Å². The highest BCUT2D eigenvalue weighted by Crippen LogP contribution is 2.30. The van der Waals surface area contributed by atoms with Crippen LogP contribution in [0.2, 0.25) is 0 Å². The fourth-order valence-electron chi connectivity index (χ4n) is 1.56. The molecule has 4 nitrogen and oxygen atoms in total. The molecule has 0 radical (unpaired) electrons. The summed E-state index contributed by atoms with van der Waals surface area (Å²) in [6.07, 6.45) is -4.54. The molecule has 0 aliphatic carbocycles. The Hall–Kier alpha value is -1.57. The van der Waals surface area contributed by atoms with E-state index in [-0.39, 0.29) is 5.56 Å². The highest BCUT2D eigenvalue weighted by Gasteiger charge is 2.32. The first kappa shape index (κ1) is 16.5. The van der Waals surface area contributed by atoms with E-state index >= 15 is 0 Å². The summed E-state index contributed by atoms with van der Waals surface area (Å²) in [5.41, 5.74) is -0.923. The first-order chi connectivity index (χ1) is 9.08. The molecular formula is C12H14F3NO3S. The van der Waals surface area contributed by atoms with Crippen molar-refractivity contribution in [3.05, 3.63) is 35.4 Å². The Morgan fingerprint density at radius 1 is 1.35 bits per heavy atom. The van der Waals surface area contributed by atoms with E-state index in [0.717, 1.165) is 18.2 Å².